The average Bonchev–Trinajstić information content (AvgIpc) is 3.15. The van der Waals surface area contributed by atoms with Gasteiger partial charge in [0.15, 0.2) is 5.16 Å². The number of hydrogen-bond acceptors (Lipinski definition) is 5. The summed E-state index contributed by atoms with van der Waals surface area (Å²) in [4.78, 5) is 17.3. The van der Waals surface area contributed by atoms with Crippen molar-refractivity contribution in [2.24, 2.45) is 0 Å². The molecule has 2 aromatic carbocycles. The molecule has 1 heterocycles. The quantitative estimate of drug-likeness (QED) is 0.429. The molecule has 0 fully saturated rings. The second-order valence-electron chi connectivity index (χ2n) is 7.51. The summed E-state index contributed by atoms with van der Waals surface area (Å²) in [6, 6.07) is 10.7. The highest BCUT2D eigenvalue weighted by atomic mass is 32.2. The van der Waals surface area contributed by atoms with E-state index >= 15 is 0 Å². The number of imidazole rings is 1. The Morgan fingerprint density at radius 1 is 1.15 bits per heavy atom. The van der Waals surface area contributed by atoms with E-state index in [9.17, 15) is 17.6 Å². The maximum Gasteiger partial charge on any atom is 0.243 e. The second-order valence-corrected chi connectivity index (χ2v) is 10.4. The van der Waals surface area contributed by atoms with Crippen LogP contribution in [0.1, 0.15) is 39.3 Å². The lowest BCUT2D eigenvalue weighted by atomic mass is 10.1. The average molecular weight is 493 g/mol. The summed E-state index contributed by atoms with van der Waals surface area (Å²) in [6.07, 6.45) is 0. The van der Waals surface area contributed by atoms with Crippen LogP contribution in [-0.4, -0.2) is 47.0 Å². The molecule has 1 atom stereocenters. The van der Waals surface area contributed by atoms with Crippen LogP contribution in [0.2, 0.25) is 0 Å². The monoisotopic (exact) mass is 492 g/mol. The van der Waals surface area contributed by atoms with Crippen molar-refractivity contribution in [3.8, 4) is 0 Å². The Labute approximate surface area is 198 Å². The molecule has 0 unspecified atom stereocenters. The predicted octanol–water partition coefficient (Wildman–Crippen LogP) is 4.20. The number of carbonyl (C=O) groups excluding carboxylic acids is 1. The lowest BCUT2D eigenvalue weighted by Crippen LogP contribution is -2.30. The van der Waals surface area contributed by atoms with Crippen LogP contribution in [0.4, 0.5) is 4.39 Å². The molecule has 0 saturated carbocycles. The zero-order valence-electron chi connectivity index (χ0n) is 19.2. The van der Waals surface area contributed by atoms with Crippen LogP contribution in [0.15, 0.2) is 52.5 Å². The van der Waals surface area contributed by atoms with Crippen LogP contribution in [0.5, 0.6) is 0 Å². The first-order chi connectivity index (χ1) is 15.7. The zero-order valence-corrected chi connectivity index (χ0v) is 20.8. The van der Waals surface area contributed by atoms with E-state index in [1.54, 1.807) is 30.3 Å². The highest BCUT2D eigenvalue weighted by molar-refractivity contribution is 7.99. The Kier molecular flexibility index (Phi) is 8.14. The number of halogens is 1. The summed E-state index contributed by atoms with van der Waals surface area (Å²) in [5, 5.41) is 3.56. The van der Waals surface area contributed by atoms with Gasteiger partial charge in [0.25, 0.3) is 0 Å². The highest BCUT2D eigenvalue weighted by Crippen LogP contribution is 2.27. The Morgan fingerprint density at radius 3 is 2.42 bits per heavy atom. The number of fused-ring (bicyclic) bond motifs is 1. The van der Waals surface area contributed by atoms with Crippen molar-refractivity contribution in [3.05, 3.63) is 53.8 Å². The van der Waals surface area contributed by atoms with Gasteiger partial charge in [0.2, 0.25) is 15.9 Å². The fraction of sp³-hybridized carbons (Fsp3) is 0.391. The molecule has 1 N–H and O–H groups in total. The fourth-order valence-corrected chi connectivity index (χ4v) is 5.99. The number of nitrogens with one attached hydrogen (secondary N) is 1. The number of benzene rings is 2. The van der Waals surface area contributed by atoms with E-state index in [2.05, 4.69) is 10.3 Å². The molecule has 0 saturated heterocycles. The van der Waals surface area contributed by atoms with Crippen molar-refractivity contribution in [1.82, 2.24) is 19.2 Å². The molecule has 7 nitrogen and oxygen atoms in total. The van der Waals surface area contributed by atoms with Gasteiger partial charge in [-0.15, -0.1) is 0 Å². The maximum atomic E-state index is 13.1. The number of carbonyl (C=O) groups is 1. The first kappa shape index (κ1) is 25.2. The second kappa shape index (κ2) is 10.7. The van der Waals surface area contributed by atoms with Crippen molar-refractivity contribution >= 4 is 38.7 Å². The lowest BCUT2D eigenvalue weighted by Gasteiger charge is -2.18. The number of nitrogens with zero attached hydrogens (tertiary/aromatic N) is 3. The third-order valence-electron chi connectivity index (χ3n) is 5.42. The minimum atomic E-state index is -3.58. The summed E-state index contributed by atoms with van der Waals surface area (Å²) < 4.78 is 42.2. The van der Waals surface area contributed by atoms with Crippen LogP contribution in [0, 0.1) is 5.82 Å². The Hall–Kier alpha value is -2.43. The van der Waals surface area contributed by atoms with E-state index in [1.807, 2.05) is 32.3 Å². The lowest BCUT2D eigenvalue weighted by molar-refractivity contribution is -0.119. The normalized spacial score (nSPS) is 12.9. The molecular weight excluding hydrogens is 463 g/mol. The summed E-state index contributed by atoms with van der Waals surface area (Å²) in [5.74, 6) is -0.338. The molecule has 0 radical (unpaired) electrons. The molecule has 0 aliphatic carbocycles. The third kappa shape index (κ3) is 5.56. The summed E-state index contributed by atoms with van der Waals surface area (Å²) >= 11 is 1.29. The van der Waals surface area contributed by atoms with E-state index in [1.165, 1.54) is 28.2 Å². The first-order valence-electron chi connectivity index (χ1n) is 10.9. The topological polar surface area (TPSA) is 84.3 Å². The Balaban J connectivity index is 1.76. The van der Waals surface area contributed by atoms with Gasteiger partial charge in [0.1, 0.15) is 5.82 Å². The number of thioether (sulfide) groups is 1. The number of aryl methyl sites for hydroxylation is 1. The summed E-state index contributed by atoms with van der Waals surface area (Å²) in [6.45, 7) is 8.86. The van der Waals surface area contributed by atoms with E-state index in [0.29, 0.717) is 30.3 Å². The van der Waals surface area contributed by atoms with Gasteiger partial charge in [-0.25, -0.2) is 17.8 Å². The number of rotatable bonds is 10. The fourth-order valence-electron chi connectivity index (χ4n) is 3.62. The van der Waals surface area contributed by atoms with E-state index in [4.69, 9.17) is 0 Å². The number of hydrogen-bond donors (Lipinski definition) is 1. The summed E-state index contributed by atoms with van der Waals surface area (Å²) in [7, 11) is -3.58. The van der Waals surface area contributed by atoms with Crippen LogP contribution in [0.25, 0.3) is 11.0 Å². The van der Waals surface area contributed by atoms with E-state index in [-0.39, 0.29) is 28.4 Å². The molecule has 0 aliphatic heterocycles. The van der Waals surface area contributed by atoms with Crippen LogP contribution in [-0.2, 0) is 21.4 Å². The van der Waals surface area contributed by atoms with Crippen molar-refractivity contribution < 1.29 is 17.6 Å². The highest BCUT2D eigenvalue weighted by Gasteiger charge is 2.23. The molecule has 33 heavy (non-hydrogen) atoms. The molecular formula is C23H29FN4O3S2. The van der Waals surface area contributed by atoms with Crippen molar-refractivity contribution in [3.63, 3.8) is 0 Å². The predicted molar refractivity (Wildman–Crippen MR) is 129 cm³/mol. The Morgan fingerprint density at radius 2 is 1.82 bits per heavy atom. The molecule has 0 spiro atoms. The SMILES string of the molecule is CCN(CC)S(=O)(=O)c1ccc2c(c1)nc(SCC(=O)N[C@H](C)c1ccc(F)cc1)n2CC. The van der Waals surface area contributed by atoms with Gasteiger partial charge in [0.05, 0.1) is 27.7 Å². The minimum Gasteiger partial charge on any atom is -0.349 e. The molecule has 178 valence electrons. The molecule has 1 aromatic heterocycles. The zero-order chi connectivity index (χ0) is 24.2. The van der Waals surface area contributed by atoms with Gasteiger partial charge in [-0.1, -0.05) is 37.7 Å². The van der Waals surface area contributed by atoms with Crippen LogP contribution < -0.4 is 5.32 Å². The molecule has 10 heteroatoms. The van der Waals surface area contributed by atoms with Gasteiger partial charge in [-0.3, -0.25) is 4.79 Å². The number of aromatic nitrogens is 2. The standard InChI is InChI=1S/C23H29FN4O3S2/c1-5-27(6-2)33(30,31)19-12-13-21-20(14-19)26-23(28(21)7-3)32-15-22(29)25-16(4)17-8-10-18(24)11-9-17/h8-14,16H,5-7,15H2,1-4H3,(H,25,29)/t16-/m1/s1. The van der Waals surface area contributed by atoms with Crippen molar-refractivity contribution in [1.29, 1.82) is 0 Å². The van der Waals surface area contributed by atoms with Gasteiger partial charge < -0.3 is 9.88 Å². The van der Waals surface area contributed by atoms with Crippen molar-refractivity contribution in [2.45, 2.75) is 50.3 Å². The summed E-state index contributed by atoms with van der Waals surface area (Å²) in [5.41, 5.74) is 2.21. The molecule has 3 aromatic rings. The smallest absolute Gasteiger partial charge is 0.243 e. The van der Waals surface area contributed by atoms with Crippen LogP contribution in [0.3, 0.4) is 0 Å². The maximum absolute atomic E-state index is 13.1. The van der Waals surface area contributed by atoms with Gasteiger partial charge in [0, 0.05) is 19.6 Å². The molecule has 0 bridgehead atoms. The van der Waals surface area contributed by atoms with Gasteiger partial charge >= 0.3 is 0 Å². The molecule has 0 aliphatic rings. The van der Waals surface area contributed by atoms with Crippen LogP contribution >= 0.6 is 11.8 Å². The van der Waals surface area contributed by atoms with E-state index < -0.39 is 10.0 Å². The molecule has 1 amide bonds. The third-order valence-corrected chi connectivity index (χ3v) is 8.45. The van der Waals surface area contributed by atoms with Gasteiger partial charge in [-0.05, 0) is 49.7 Å². The number of amides is 1. The molecule has 3 rings (SSSR count). The first-order valence-corrected chi connectivity index (χ1v) is 13.3. The largest absolute Gasteiger partial charge is 0.349 e. The number of sulfonamides is 1. The Bertz CT molecular complexity index is 1220. The van der Waals surface area contributed by atoms with Gasteiger partial charge in [-0.2, -0.15) is 4.31 Å². The van der Waals surface area contributed by atoms with E-state index in [0.717, 1.165) is 11.1 Å². The van der Waals surface area contributed by atoms with Crippen molar-refractivity contribution in [2.75, 3.05) is 18.8 Å². The minimum absolute atomic E-state index is 0.152.